The van der Waals surface area contributed by atoms with Crippen LogP contribution in [0.3, 0.4) is 0 Å². The molecule has 0 N–H and O–H groups in total. The maximum absolute atomic E-state index is 13.6. The second-order valence-corrected chi connectivity index (χ2v) is 3.49. The Morgan fingerprint density at radius 1 is 1.70 bits per heavy atom. The van der Waals surface area contributed by atoms with Gasteiger partial charge in [-0.3, -0.25) is 0 Å². The number of allylic oxidation sites excluding steroid dienone is 1. The van der Waals surface area contributed by atoms with Gasteiger partial charge in [-0.05, 0) is 13.1 Å². The van der Waals surface area contributed by atoms with Gasteiger partial charge in [0.25, 0.3) is 0 Å². The summed E-state index contributed by atoms with van der Waals surface area (Å²) in [6.07, 6.45) is 3.96. The summed E-state index contributed by atoms with van der Waals surface area (Å²) in [5, 5.41) is 0. The lowest BCUT2D eigenvalue weighted by molar-refractivity contribution is 0.116. The quantitative estimate of drug-likeness (QED) is 0.463. The van der Waals surface area contributed by atoms with Crippen LogP contribution in [0.15, 0.2) is 12.3 Å². The van der Waals surface area contributed by atoms with Gasteiger partial charge in [0.2, 0.25) is 0 Å². The smallest absolute Gasteiger partial charge is 0.136 e. The van der Waals surface area contributed by atoms with Crippen LogP contribution in [0.25, 0.3) is 0 Å². The van der Waals surface area contributed by atoms with E-state index in [1.54, 1.807) is 6.92 Å². The molecule has 2 unspecified atom stereocenters. The molecular formula is C8H12FN. The van der Waals surface area contributed by atoms with Crippen LogP contribution in [0.2, 0.25) is 0 Å². The first-order valence-electron chi connectivity index (χ1n) is 3.75. The molecule has 0 radical (unpaired) electrons. The van der Waals surface area contributed by atoms with Crippen molar-refractivity contribution in [1.82, 2.24) is 4.90 Å². The zero-order valence-corrected chi connectivity index (χ0v) is 6.34. The second kappa shape index (κ2) is 1.55. The van der Waals surface area contributed by atoms with Gasteiger partial charge in [0.05, 0.1) is 6.04 Å². The Balaban J connectivity index is 2.27. The van der Waals surface area contributed by atoms with Crippen LogP contribution in [0.1, 0.15) is 13.8 Å². The Bertz CT molecular complexity index is 186. The monoisotopic (exact) mass is 141 g/mol. The third kappa shape index (κ3) is 0.619. The summed E-state index contributed by atoms with van der Waals surface area (Å²) in [4.78, 5) is 2.04. The molecule has 2 rings (SSSR count). The number of nitrogens with zero attached hydrogens (tertiary/aromatic N) is 1. The van der Waals surface area contributed by atoms with Gasteiger partial charge in [-0.15, -0.1) is 0 Å². The van der Waals surface area contributed by atoms with E-state index in [1.165, 1.54) is 0 Å². The average Bonchev–Trinajstić information content (AvgIpc) is 2.58. The Hall–Kier alpha value is -0.530. The summed E-state index contributed by atoms with van der Waals surface area (Å²) in [7, 11) is 0. The van der Waals surface area contributed by atoms with Crippen molar-refractivity contribution in [3.63, 3.8) is 0 Å². The summed E-state index contributed by atoms with van der Waals surface area (Å²) in [6, 6.07) is 0.174. The molecule has 10 heavy (non-hydrogen) atoms. The molecule has 2 heterocycles. The number of alkyl halides is 1. The predicted molar refractivity (Wildman–Crippen MR) is 38.3 cm³/mol. The van der Waals surface area contributed by atoms with E-state index in [9.17, 15) is 4.39 Å². The van der Waals surface area contributed by atoms with Crippen LogP contribution in [0.4, 0.5) is 4.39 Å². The molecule has 0 aromatic carbocycles. The first-order valence-corrected chi connectivity index (χ1v) is 3.75. The topological polar surface area (TPSA) is 3.01 Å². The highest BCUT2D eigenvalue weighted by molar-refractivity contribution is 5.17. The minimum absolute atomic E-state index is 0.0799. The maximum Gasteiger partial charge on any atom is 0.136 e. The zero-order valence-electron chi connectivity index (χ0n) is 6.34. The summed E-state index contributed by atoms with van der Waals surface area (Å²) < 4.78 is 13.6. The van der Waals surface area contributed by atoms with E-state index in [4.69, 9.17) is 0 Å². The summed E-state index contributed by atoms with van der Waals surface area (Å²) >= 11 is 0. The number of rotatable bonds is 0. The van der Waals surface area contributed by atoms with Crippen LogP contribution >= 0.6 is 0 Å². The van der Waals surface area contributed by atoms with Crippen LogP contribution in [-0.4, -0.2) is 23.2 Å². The lowest BCUT2D eigenvalue weighted by Gasteiger charge is -2.28. The molecule has 1 nitrogen and oxygen atoms in total. The Kier molecular flexibility index (Phi) is 0.960. The first kappa shape index (κ1) is 6.20. The molecular weight excluding hydrogens is 129 g/mol. The molecule has 2 heteroatoms. The van der Waals surface area contributed by atoms with Gasteiger partial charge in [-0.25, -0.2) is 4.39 Å². The molecule has 0 bridgehead atoms. The molecule has 3 atom stereocenters. The lowest BCUT2D eigenvalue weighted by Crippen LogP contribution is -2.36. The van der Waals surface area contributed by atoms with Crippen molar-refractivity contribution in [3.8, 4) is 0 Å². The van der Waals surface area contributed by atoms with Crippen molar-refractivity contribution >= 4 is 0 Å². The van der Waals surface area contributed by atoms with Crippen molar-refractivity contribution in [1.29, 1.82) is 0 Å². The zero-order chi connectivity index (χ0) is 7.35. The Morgan fingerprint density at radius 3 is 3.00 bits per heavy atom. The highest BCUT2D eigenvalue weighted by atomic mass is 19.1. The van der Waals surface area contributed by atoms with E-state index in [1.807, 2.05) is 24.1 Å². The molecule has 0 amide bonds. The van der Waals surface area contributed by atoms with Gasteiger partial charge in [0.15, 0.2) is 0 Å². The molecule has 0 aromatic heterocycles. The fraction of sp³-hybridized carbons (Fsp3) is 0.750. The third-order valence-corrected chi connectivity index (χ3v) is 2.76. The second-order valence-electron chi connectivity index (χ2n) is 3.49. The largest absolute Gasteiger partial charge is 0.368 e. The van der Waals surface area contributed by atoms with Gasteiger partial charge in [-0.2, -0.15) is 0 Å². The minimum atomic E-state index is -0.991. The number of hydrogen-bond acceptors (Lipinski definition) is 1. The highest BCUT2D eigenvalue weighted by Gasteiger charge is 2.52. The third-order valence-electron chi connectivity index (χ3n) is 2.76. The molecule has 2 aliphatic rings. The van der Waals surface area contributed by atoms with Crippen molar-refractivity contribution in [2.75, 3.05) is 6.54 Å². The minimum Gasteiger partial charge on any atom is -0.368 e. The normalized spacial score (nSPS) is 50.9. The van der Waals surface area contributed by atoms with E-state index < -0.39 is 5.67 Å². The van der Waals surface area contributed by atoms with Crippen molar-refractivity contribution in [3.05, 3.63) is 12.3 Å². The molecule has 1 fully saturated rings. The number of fused-ring (bicyclic) bond motifs is 1. The van der Waals surface area contributed by atoms with Gasteiger partial charge in [-0.1, -0.05) is 13.0 Å². The van der Waals surface area contributed by atoms with Gasteiger partial charge in [0, 0.05) is 12.5 Å². The molecule has 0 saturated carbocycles. The summed E-state index contributed by atoms with van der Waals surface area (Å²) in [6.45, 7) is 4.55. The molecule has 0 aromatic rings. The fourth-order valence-corrected chi connectivity index (χ4v) is 1.55. The van der Waals surface area contributed by atoms with Gasteiger partial charge in [0.1, 0.15) is 5.67 Å². The SMILES string of the molecule is CC1C=CN2CC2[C@@]1(C)F. The van der Waals surface area contributed by atoms with Crippen LogP contribution in [0, 0.1) is 5.92 Å². The van der Waals surface area contributed by atoms with E-state index in [-0.39, 0.29) is 12.0 Å². The van der Waals surface area contributed by atoms with Gasteiger partial charge >= 0.3 is 0 Å². The maximum atomic E-state index is 13.6. The summed E-state index contributed by atoms with van der Waals surface area (Å²) in [5.41, 5.74) is -0.991. The molecule has 0 aliphatic carbocycles. The highest BCUT2D eigenvalue weighted by Crippen LogP contribution is 2.41. The average molecular weight is 141 g/mol. The van der Waals surface area contributed by atoms with E-state index >= 15 is 0 Å². The molecule has 1 saturated heterocycles. The summed E-state index contributed by atoms with van der Waals surface area (Å²) in [5.74, 6) is 0.0799. The number of hydrogen-bond donors (Lipinski definition) is 0. The van der Waals surface area contributed by atoms with E-state index in [0.29, 0.717) is 0 Å². The van der Waals surface area contributed by atoms with E-state index in [2.05, 4.69) is 0 Å². The predicted octanol–water partition coefficient (Wildman–Crippen LogP) is 1.56. The molecule has 56 valence electrons. The van der Waals surface area contributed by atoms with Crippen LogP contribution in [-0.2, 0) is 0 Å². The van der Waals surface area contributed by atoms with Crippen molar-refractivity contribution < 1.29 is 4.39 Å². The van der Waals surface area contributed by atoms with Crippen molar-refractivity contribution in [2.24, 2.45) is 5.92 Å². The Morgan fingerprint density at radius 2 is 2.40 bits per heavy atom. The first-order chi connectivity index (χ1) is 4.62. The molecule has 0 spiro atoms. The Labute approximate surface area is 60.5 Å². The van der Waals surface area contributed by atoms with Crippen molar-refractivity contribution in [2.45, 2.75) is 25.6 Å². The molecule has 2 aliphatic heterocycles. The standard InChI is InChI=1S/C8H12FN/c1-6-3-4-10-5-7(10)8(6,2)9/h3-4,6-7H,5H2,1-2H3/t6?,7?,8-,10?/m0/s1. The van der Waals surface area contributed by atoms with Gasteiger partial charge < -0.3 is 4.90 Å². The fourth-order valence-electron chi connectivity index (χ4n) is 1.55. The van der Waals surface area contributed by atoms with Crippen LogP contribution in [0.5, 0.6) is 0 Å². The number of halogens is 1. The lowest BCUT2D eigenvalue weighted by atomic mass is 9.88. The van der Waals surface area contributed by atoms with Crippen LogP contribution < -0.4 is 0 Å². The van der Waals surface area contributed by atoms with E-state index in [0.717, 1.165) is 6.54 Å².